The van der Waals surface area contributed by atoms with Gasteiger partial charge >= 0.3 is 5.97 Å². The topological polar surface area (TPSA) is 82.1 Å². The van der Waals surface area contributed by atoms with Crippen molar-refractivity contribution in [3.05, 3.63) is 59.2 Å². The summed E-state index contributed by atoms with van der Waals surface area (Å²) >= 11 is 0. The fourth-order valence-corrected chi connectivity index (χ4v) is 2.56. The van der Waals surface area contributed by atoms with Crippen LogP contribution in [-0.2, 0) is 4.79 Å². The summed E-state index contributed by atoms with van der Waals surface area (Å²) in [4.78, 5) is 24.0. The molecule has 0 amide bonds. The Morgan fingerprint density at radius 1 is 0.923 bits per heavy atom. The molecule has 0 fully saturated rings. The van der Waals surface area contributed by atoms with Crippen molar-refractivity contribution in [2.75, 3.05) is 21.3 Å². The van der Waals surface area contributed by atoms with Crippen molar-refractivity contribution in [2.24, 2.45) is 0 Å². The number of carbonyl (C=O) groups is 2. The Kier molecular flexibility index (Phi) is 6.38. The fourth-order valence-electron chi connectivity index (χ4n) is 2.56. The maximum atomic E-state index is 12.7. The molecule has 0 saturated heterocycles. The number of rotatable bonds is 8. The van der Waals surface area contributed by atoms with Crippen molar-refractivity contribution < 1.29 is 28.9 Å². The highest BCUT2D eigenvalue weighted by atomic mass is 16.5. The van der Waals surface area contributed by atoms with Crippen LogP contribution in [0.4, 0.5) is 0 Å². The molecule has 136 valence electrons. The van der Waals surface area contributed by atoms with Crippen LogP contribution in [0.5, 0.6) is 17.2 Å². The van der Waals surface area contributed by atoms with E-state index < -0.39 is 12.4 Å². The molecule has 0 heterocycles. The minimum Gasteiger partial charge on any atom is -0.493 e. The van der Waals surface area contributed by atoms with Gasteiger partial charge in [0.05, 0.1) is 27.8 Å². The molecule has 0 saturated carbocycles. The number of hydrogen-bond donors (Lipinski definition) is 1. The van der Waals surface area contributed by atoms with E-state index in [0.717, 1.165) is 0 Å². The van der Waals surface area contributed by atoms with E-state index in [1.54, 1.807) is 42.5 Å². The molecule has 0 aliphatic carbocycles. The third-order valence-corrected chi connectivity index (χ3v) is 3.73. The first-order chi connectivity index (χ1) is 12.5. The van der Waals surface area contributed by atoms with E-state index in [-0.39, 0.29) is 11.4 Å². The quantitative estimate of drug-likeness (QED) is 0.576. The highest BCUT2D eigenvalue weighted by Crippen LogP contribution is 2.40. The van der Waals surface area contributed by atoms with Crippen molar-refractivity contribution >= 4 is 17.8 Å². The summed E-state index contributed by atoms with van der Waals surface area (Å²) in [6, 6.07) is 11.9. The second-order valence-electron chi connectivity index (χ2n) is 5.36. The Labute approximate surface area is 151 Å². The molecule has 26 heavy (non-hydrogen) atoms. The number of benzene rings is 2. The molecule has 1 N–H and O–H groups in total. The van der Waals surface area contributed by atoms with E-state index in [4.69, 9.17) is 14.2 Å². The predicted octanol–water partition coefficient (Wildman–Crippen LogP) is 3.45. The van der Waals surface area contributed by atoms with E-state index in [2.05, 4.69) is 0 Å². The maximum Gasteiger partial charge on any atom is 0.307 e. The van der Waals surface area contributed by atoms with Gasteiger partial charge in [-0.1, -0.05) is 30.3 Å². The summed E-state index contributed by atoms with van der Waals surface area (Å²) in [5.41, 5.74) is 1.07. The molecule has 0 atom stereocenters. The number of Topliss-reactive ketones (excluding diaryl/α,β-unsaturated/α-hetero) is 1. The van der Waals surface area contributed by atoms with Gasteiger partial charge in [-0.25, -0.2) is 0 Å². The normalized spacial score (nSPS) is 11.0. The minimum absolute atomic E-state index is 0.134. The summed E-state index contributed by atoms with van der Waals surface area (Å²) < 4.78 is 16.0. The molecule has 0 bridgehead atoms. The molecule has 0 aliphatic rings. The Morgan fingerprint density at radius 3 is 2.12 bits per heavy atom. The van der Waals surface area contributed by atoms with Gasteiger partial charge in [-0.3, -0.25) is 9.59 Å². The van der Waals surface area contributed by atoms with Gasteiger partial charge in [0.25, 0.3) is 0 Å². The van der Waals surface area contributed by atoms with Gasteiger partial charge in [-0.2, -0.15) is 0 Å². The Hall–Kier alpha value is -3.28. The van der Waals surface area contributed by atoms with Crippen LogP contribution in [0.3, 0.4) is 0 Å². The smallest absolute Gasteiger partial charge is 0.307 e. The molecular formula is C20H20O6. The average molecular weight is 356 g/mol. The molecule has 2 aromatic rings. The number of ether oxygens (including phenoxy) is 3. The summed E-state index contributed by atoms with van der Waals surface area (Å²) in [6.45, 7) is 0. The number of carboxylic acid groups (broad SMARTS) is 1. The van der Waals surface area contributed by atoms with Crippen LogP contribution in [0.25, 0.3) is 6.08 Å². The van der Waals surface area contributed by atoms with Crippen molar-refractivity contribution in [3.63, 3.8) is 0 Å². The van der Waals surface area contributed by atoms with Gasteiger partial charge in [0.15, 0.2) is 17.3 Å². The minimum atomic E-state index is -1.10. The lowest BCUT2D eigenvalue weighted by Gasteiger charge is -2.15. The zero-order chi connectivity index (χ0) is 19.1. The lowest BCUT2D eigenvalue weighted by atomic mass is 9.98. The third-order valence-electron chi connectivity index (χ3n) is 3.73. The van der Waals surface area contributed by atoms with Crippen LogP contribution in [0.2, 0.25) is 0 Å². The lowest BCUT2D eigenvalue weighted by Crippen LogP contribution is -2.08. The SMILES string of the molecule is COc1ccc(C=C(CC(=O)O)C(=O)c2ccccc2)c(OC)c1OC. The summed E-state index contributed by atoms with van der Waals surface area (Å²) in [5, 5.41) is 9.20. The summed E-state index contributed by atoms with van der Waals surface area (Å²) in [6.07, 6.45) is 1.09. The zero-order valence-corrected chi connectivity index (χ0v) is 14.8. The van der Waals surface area contributed by atoms with Crippen LogP contribution in [0, 0.1) is 0 Å². The molecule has 0 aliphatic heterocycles. The van der Waals surface area contributed by atoms with Crippen LogP contribution >= 0.6 is 0 Å². The van der Waals surface area contributed by atoms with Gasteiger partial charge in [0, 0.05) is 16.7 Å². The number of ketones is 1. The van der Waals surface area contributed by atoms with Crippen molar-refractivity contribution in [1.82, 2.24) is 0 Å². The van der Waals surface area contributed by atoms with E-state index in [1.807, 2.05) is 0 Å². The Bertz CT molecular complexity index is 824. The average Bonchev–Trinajstić information content (AvgIpc) is 2.66. The highest BCUT2D eigenvalue weighted by Gasteiger charge is 2.19. The fraction of sp³-hybridized carbons (Fsp3) is 0.200. The van der Waals surface area contributed by atoms with Crippen LogP contribution < -0.4 is 14.2 Å². The lowest BCUT2D eigenvalue weighted by molar-refractivity contribution is -0.136. The van der Waals surface area contributed by atoms with E-state index in [9.17, 15) is 14.7 Å². The molecule has 0 radical (unpaired) electrons. The number of carbonyl (C=O) groups excluding carboxylic acids is 1. The Balaban J connectivity index is 2.57. The van der Waals surface area contributed by atoms with Crippen LogP contribution in [0.15, 0.2) is 48.0 Å². The molecule has 2 rings (SSSR count). The first-order valence-electron chi connectivity index (χ1n) is 7.82. The van der Waals surface area contributed by atoms with E-state index in [1.165, 1.54) is 27.4 Å². The molecule has 6 nitrogen and oxygen atoms in total. The second-order valence-corrected chi connectivity index (χ2v) is 5.36. The monoisotopic (exact) mass is 356 g/mol. The number of aliphatic carboxylic acids is 1. The molecule has 0 aromatic heterocycles. The van der Waals surface area contributed by atoms with Gasteiger partial charge in [0.2, 0.25) is 5.75 Å². The van der Waals surface area contributed by atoms with Crippen LogP contribution in [0.1, 0.15) is 22.3 Å². The highest BCUT2D eigenvalue weighted by molar-refractivity contribution is 6.13. The Morgan fingerprint density at radius 2 is 1.58 bits per heavy atom. The number of methoxy groups -OCH3 is 3. The van der Waals surface area contributed by atoms with Gasteiger partial charge in [-0.15, -0.1) is 0 Å². The standard InChI is InChI=1S/C20H20O6/c1-24-16-10-9-14(19(25-2)20(16)26-3)11-15(12-17(21)22)18(23)13-7-5-4-6-8-13/h4-11H,12H2,1-3H3,(H,21,22). The largest absolute Gasteiger partial charge is 0.493 e. The van der Waals surface area contributed by atoms with Crippen LogP contribution in [-0.4, -0.2) is 38.2 Å². The van der Waals surface area contributed by atoms with Crippen molar-refractivity contribution in [1.29, 1.82) is 0 Å². The molecule has 6 heteroatoms. The first-order valence-corrected chi connectivity index (χ1v) is 7.82. The number of carboxylic acids is 1. The van der Waals surface area contributed by atoms with Crippen molar-refractivity contribution in [3.8, 4) is 17.2 Å². The second kappa shape index (κ2) is 8.71. The maximum absolute atomic E-state index is 12.7. The molecule has 0 unspecified atom stereocenters. The van der Waals surface area contributed by atoms with E-state index in [0.29, 0.717) is 28.4 Å². The summed E-state index contributed by atoms with van der Waals surface area (Å²) in [5.74, 6) is -0.262. The molecular weight excluding hydrogens is 336 g/mol. The van der Waals surface area contributed by atoms with Gasteiger partial charge in [0.1, 0.15) is 0 Å². The molecule has 2 aromatic carbocycles. The number of hydrogen-bond acceptors (Lipinski definition) is 5. The van der Waals surface area contributed by atoms with Gasteiger partial charge in [-0.05, 0) is 18.2 Å². The first kappa shape index (κ1) is 19.1. The summed E-state index contributed by atoms with van der Waals surface area (Å²) in [7, 11) is 4.44. The van der Waals surface area contributed by atoms with Gasteiger partial charge < -0.3 is 19.3 Å². The third kappa shape index (κ3) is 4.22. The molecule has 0 spiro atoms. The zero-order valence-electron chi connectivity index (χ0n) is 14.8. The van der Waals surface area contributed by atoms with Crippen molar-refractivity contribution in [2.45, 2.75) is 6.42 Å². The predicted molar refractivity (Wildman–Crippen MR) is 97.1 cm³/mol. The van der Waals surface area contributed by atoms with E-state index >= 15 is 0 Å².